The number of anilines is 1. The minimum Gasteiger partial charge on any atom is -0.480 e. The van der Waals surface area contributed by atoms with Crippen molar-refractivity contribution in [2.24, 2.45) is 0 Å². The number of carbonyl (C=O) groups is 3. The van der Waals surface area contributed by atoms with Crippen molar-refractivity contribution in [3.05, 3.63) is 18.0 Å². The maximum absolute atomic E-state index is 11.6. The van der Waals surface area contributed by atoms with Crippen LogP contribution < -0.4 is 5.32 Å². The van der Waals surface area contributed by atoms with Gasteiger partial charge >= 0.3 is 18.0 Å². The Bertz CT molecular complexity index is 555. The van der Waals surface area contributed by atoms with E-state index in [1.165, 1.54) is 23.9 Å². The Morgan fingerprint density at radius 3 is 2.43 bits per heavy atom. The van der Waals surface area contributed by atoms with Crippen LogP contribution in [0.15, 0.2) is 12.3 Å². The number of carboxylic acids is 1. The van der Waals surface area contributed by atoms with Gasteiger partial charge < -0.3 is 19.1 Å². The van der Waals surface area contributed by atoms with Crippen molar-refractivity contribution < 1.29 is 29.0 Å². The van der Waals surface area contributed by atoms with Crippen molar-refractivity contribution in [3.63, 3.8) is 0 Å². The molecule has 0 atom stereocenters. The van der Waals surface area contributed by atoms with E-state index in [-0.39, 0.29) is 11.4 Å². The lowest BCUT2D eigenvalue weighted by Gasteiger charge is -2.19. The van der Waals surface area contributed by atoms with Gasteiger partial charge in [0, 0.05) is 6.20 Å². The van der Waals surface area contributed by atoms with Gasteiger partial charge in [-0.2, -0.15) is 0 Å². The van der Waals surface area contributed by atoms with Crippen LogP contribution in [-0.2, 0) is 20.8 Å². The molecule has 1 rings (SSSR count). The predicted octanol–water partition coefficient (Wildman–Crippen LogP) is 1.71. The Morgan fingerprint density at radius 2 is 1.95 bits per heavy atom. The summed E-state index contributed by atoms with van der Waals surface area (Å²) in [6.45, 7) is 4.70. The molecule has 0 fully saturated rings. The Hall–Kier alpha value is -2.51. The van der Waals surface area contributed by atoms with Gasteiger partial charge in [0.15, 0.2) is 0 Å². The zero-order valence-corrected chi connectivity index (χ0v) is 12.3. The second-order valence-electron chi connectivity index (χ2n) is 5.25. The van der Waals surface area contributed by atoms with Crippen LogP contribution in [-0.4, -0.2) is 40.4 Å². The van der Waals surface area contributed by atoms with Gasteiger partial charge in [-0.25, -0.2) is 9.59 Å². The van der Waals surface area contributed by atoms with E-state index in [0.717, 1.165) is 0 Å². The summed E-state index contributed by atoms with van der Waals surface area (Å²) in [5.41, 5.74) is -0.407. The van der Waals surface area contributed by atoms with E-state index in [9.17, 15) is 14.4 Å². The molecular formula is C13H18N2O6. The molecular weight excluding hydrogens is 280 g/mol. The van der Waals surface area contributed by atoms with Gasteiger partial charge in [-0.05, 0) is 26.8 Å². The van der Waals surface area contributed by atoms with Crippen LogP contribution in [0.3, 0.4) is 0 Å². The number of aromatic nitrogens is 1. The summed E-state index contributed by atoms with van der Waals surface area (Å²) in [4.78, 5) is 34.0. The van der Waals surface area contributed by atoms with E-state index in [1.807, 2.05) is 0 Å². The van der Waals surface area contributed by atoms with Crippen molar-refractivity contribution >= 4 is 23.7 Å². The average molecular weight is 298 g/mol. The summed E-state index contributed by atoms with van der Waals surface area (Å²) >= 11 is 0. The molecule has 0 saturated carbocycles. The highest BCUT2D eigenvalue weighted by molar-refractivity contribution is 5.92. The highest BCUT2D eigenvalue weighted by Crippen LogP contribution is 2.17. The molecule has 0 bridgehead atoms. The van der Waals surface area contributed by atoms with E-state index in [0.29, 0.717) is 0 Å². The quantitative estimate of drug-likeness (QED) is 0.819. The van der Waals surface area contributed by atoms with Gasteiger partial charge in [0.1, 0.15) is 17.8 Å². The number of aliphatic carboxylic acids is 1. The smallest absolute Gasteiger partial charge is 0.412 e. The van der Waals surface area contributed by atoms with Gasteiger partial charge in [-0.1, -0.05) is 0 Å². The van der Waals surface area contributed by atoms with Gasteiger partial charge in [0.2, 0.25) is 0 Å². The first kappa shape index (κ1) is 16.5. The third-order valence-corrected chi connectivity index (χ3v) is 2.24. The number of nitrogens with zero attached hydrogens (tertiary/aromatic N) is 1. The van der Waals surface area contributed by atoms with E-state index in [4.69, 9.17) is 9.84 Å². The second kappa shape index (κ2) is 6.29. The van der Waals surface area contributed by atoms with Crippen LogP contribution in [0.1, 0.15) is 31.3 Å². The molecule has 0 aromatic carbocycles. The van der Waals surface area contributed by atoms with E-state index in [1.54, 1.807) is 20.8 Å². The minimum atomic E-state index is -1.13. The summed E-state index contributed by atoms with van der Waals surface area (Å²) in [7, 11) is 1.18. The Kier molecular flexibility index (Phi) is 4.96. The lowest BCUT2D eigenvalue weighted by molar-refractivity contribution is -0.137. The predicted molar refractivity (Wildman–Crippen MR) is 73.3 cm³/mol. The zero-order valence-electron chi connectivity index (χ0n) is 12.3. The summed E-state index contributed by atoms with van der Waals surface area (Å²) < 4.78 is 10.8. The first-order valence-corrected chi connectivity index (χ1v) is 6.12. The Morgan fingerprint density at radius 1 is 1.33 bits per heavy atom. The highest BCUT2D eigenvalue weighted by Gasteiger charge is 2.20. The fraction of sp³-hybridized carbons (Fsp3) is 0.462. The molecule has 0 aliphatic carbocycles. The molecule has 0 aliphatic rings. The highest BCUT2D eigenvalue weighted by atomic mass is 16.6. The number of hydrogen-bond donors (Lipinski definition) is 2. The molecule has 1 amide bonds. The molecule has 116 valence electrons. The van der Waals surface area contributed by atoms with Crippen LogP contribution in [0.2, 0.25) is 0 Å². The van der Waals surface area contributed by atoms with E-state index in [2.05, 4.69) is 10.1 Å². The van der Waals surface area contributed by atoms with Crippen LogP contribution >= 0.6 is 0 Å². The van der Waals surface area contributed by atoms with Crippen molar-refractivity contribution in [3.8, 4) is 0 Å². The van der Waals surface area contributed by atoms with Crippen LogP contribution in [0.25, 0.3) is 0 Å². The largest absolute Gasteiger partial charge is 0.480 e. The minimum absolute atomic E-state index is 0.0194. The molecule has 21 heavy (non-hydrogen) atoms. The maximum atomic E-state index is 11.6. The summed E-state index contributed by atoms with van der Waals surface area (Å²) in [5.74, 6) is -1.83. The Labute approximate surface area is 121 Å². The molecule has 1 aromatic rings. The summed E-state index contributed by atoms with van der Waals surface area (Å²) in [5, 5.41) is 11.2. The van der Waals surface area contributed by atoms with E-state index >= 15 is 0 Å². The number of carbonyl (C=O) groups excluding carboxylic acids is 2. The number of rotatable bonds is 4. The third-order valence-electron chi connectivity index (χ3n) is 2.24. The molecule has 2 N–H and O–H groups in total. The standard InChI is InChI=1S/C13H18N2O6/c1-13(2,3)21-12(19)14-8-5-9(11(18)20-4)15(6-8)7-10(16)17/h5-6H,7H2,1-4H3,(H,14,19)(H,16,17). The molecule has 8 nitrogen and oxygen atoms in total. The number of hydrogen-bond acceptors (Lipinski definition) is 5. The van der Waals surface area contributed by atoms with Gasteiger partial charge in [-0.15, -0.1) is 0 Å². The topological polar surface area (TPSA) is 107 Å². The number of ether oxygens (including phenoxy) is 2. The van der Waals surface area contributed by atoms with Crippen molar-refractivity contribution in [1.29, 1.82) is 0 Å². The summed E-state index contributed by atoms with van der Waals surface area (Å²) in [6, 6.07) is 1.32. The molecule has 1 aromatic heterocycles. The lowest BCUT2D eigenvalue weighted by Crippen LogP contribution is -2.27. The first-order chi connectivity index (χ1) is 9.62. The number of amides is 1. The number of nitrogens with one attached hydrogen (secondary N) is 1. The molecule has 0 aliphatic heterocycles. The monoisotopic (exact) mass is 298 g/mol. The normalized spacial score (nSPS) is 10.9. The van der Waals surface area contributed by atoms with Crippen molar-refractivity contribution in [2.75, 3.05) is 12.4 Å². The molecule has 1 heterocycles. The number of carboxylic acid groups (broad SMARTS) is 1. The van der Waals surface area contributed by atoms with Crippen molar-refractivity contribution in [1.82, 2.24) is 4.57 Å². The fourth-order valence-corrected chi connectivity index (χ4v) is 1.55. The molecule has 0 saturated heterocycles. The third kappa shape index (κ3) is 5.17. The summed E-state index contributed by atoms with van der Waals surface area (Å²) in [6.07, 6.45) is 0.621. The average Bonchev–Trinajstić information content (AvgIpc) is 2.67. The van der Waals surface area contributed by atoms with E-state index < -0.39 is 30.2 Å². The van der Waals surface area contributed by atoms with Crippen LogP contribution in [0.5, 0.6) is 0 Å². The molecule has 8 heteroatoms. The fourth-order valence-electron chi connectivity index (χ4n) is 1.55. The molecule has 0 spiro atoms. The van der Waals surface area contributed by atoms with Crippen LogP contribution in [0.4, 0.5) is 10.5 Å². The SMILES string of the molecule is COC(=O)c1cc(NC(=O)OC(C)(C)C)cn1CC(=O)O. The molecule has 0 unspecified atom stereocenters. The lowest BCUT2D eigenvalue weighted by atomic mass is 10.2. The Balaban J connectivity index is 2.94. The van der Waals surface area contributed by atoms with Gasteiger partial charge in [0.05, 0.1) is 12.8 Å². The second-order valence-corrected chi connectivity index (χ2v) is 5.25. The number of methoxy groups -OCH3 is 1. The van der Waals surface area contributed by atoms with Gasteiger partial charge in [-0.3, -0.25) is 10.1 Å². The van der Waals surface area contributed by atoms with Crippen molar-refractivity contribution in [2.45, 2.75) is 32.9 Å². The molecule has 0 radical (unpaired) electrons. The van der Waals surface area contributed by atoms with Crippen LogP contribution in [0, 0.1) is 0 Å². The zero-order chi connectivity index (χ0) is 16.2. The number of esters is 1. The maximum Gasteiger partial charge on any atom is 0.412 e. The van der Waals surface area contributed by atoms with Gasteiger partial charge in [0.25, 0.3) is 0 Å². The first-order valence-electron chi connectivity index (χ1n) is 6.12.